The molecule has 3 unspecified atom stereocenters. The molecule has 2 bridgehead atoms. The van der Waals surface area contributed by atoms with E-state index in [4.69, 9.17) is 9.47 Å². The molecule has 0 amide bonds. The predicted molar refractivity (Wildman–Crippen MR) is 87.4 cm³/mol. The molecule has 3 atom stereocenters. The van der Waals surface area contributed by atoms with Gasteiger partial charge >= 0.3 is 0 Å². The molecular weight excluding hydrogens is 274 g/mol. The van der Waals surface area contributed by atoms with E-state index in [1.165, 1.54) is 37.1 Å². The third-order valence-electron chi connectivity index (χ3n) is 5.71. The minimum absolute atomic E-state index is 0.844. The average molecular weight is 299 g/mol. The van der Waals surface area contributed by atoms with Gasteiger partial charge in [0.2, 0.25) is 0 Å². The van der Waals surface area contributed by atoms with Crippen molar-refractivity contribution in [1.82, 2.24) is 4.90 Å². The van der Waals surface area contributed by atoms with Crippen molar-refractivity contribution in [2.75, 3.05) is 27.3 Å². The SMILES string of the molecule is COc1cc2c(cc1OC)CN(CC1CC3C=CC1C3)CC2. The van der Waals surface area contributed by atoms with Gasteiger partial charge < -0.3 is 9.47 Å². The van der Waals surface area contributed by atoms with E-state index < -0.39 is 0 Å². The highest BCUT2D eigenvalue weighted by Crippen LogP contribution is 2.44. The summed E-state index contributed by atoms with van der Waals surface area (Å²) in [6.45, 7) is 3.46. The first-order valence-corrected chi connectivity index (χ1v) is 8.41. The van der Waals surface area contributed by atoms with Gasteiger partial charge in [-0.3, -0.25) is 4.90 Å². The van der Waals surface area contributed by atoms with Gasteiger partial charge in [0.25, 0.3) is 0 Å². The fourth-order valence-electron chi connectivity index (χ4n) is 4.53. The largest absolute Gasteiger partial charge is 0.493 e. The molecule has 1 fully saturated rings. The van der Waals surface area contributed by atoms with Gasteiger partial charge in [0.1, 0.15) is 0 Å². The van der Waals surface area contributed by atoms with Crippen molar-refractivity contribution in [1.29, 1.82) is 0 Å². The van der Waals surface area contributed by atoms with Gasteiger partial charge in [-0.2, -0.15) is 0 Å². The Bertz CT molecular complexity index is 595. The summed E-state index contributed by atoms with van der Waals surface area (Å²) in [7, 11) is 3.43. The Morgan fingerprint density at radius 2 is 1.82 bits per heavy atom. The Balaban J connectivity index is 1.48. The Kier molecular flexibility index (Phi) is 3.61. The van der Waals surface area contributed by atoms with Crippen LogP contribution in [0.3, 0.4) is 0 Å². The van der Waals surface area contributed by atoms with E-state index in [0.717, 1.165) is 42.2 Å². The summed E-state index contributed by atoms with van der Waals surface area (Å²) in [4.78, 5) is 2.63. The van der Waals surface area contributed by atoms with Crippen LogP contribution >= 0.6 is 0 Å². The molecule has 4 rings (SSSR count). The number of hydrogen-bond acceptors (Lipinski definition) is 3. The van der Waals surface area contributed by atoms with E-state index >= 15 is 0 Å². The first kappa shape index (κ1) is 14.1. The van der Waals surface area contributed by atoms with Crippen LogP contribution in [0.15, 0.2) is 24.3 Å². The third kappa shape index (κ3) is 2.41. The molecule has 1 aromatic carbocycles. The van der Waals surface area contributed by atoms with Crippen LogP contribution < -0.4 is 9.47 Å². The van der Waals surface area contributed by atoms with Gasteiger partial charge in [0.05, 0.1) is 14.2 Å². The molecule has 1 aliphatic heterocycles. The summed E-state index contributed by atoms with van der Waals surface area (Å²) in [6, 6.07) is 4.33. The van der Waals surface area contributed by atoms with Crippen molar-refractivity contribution in [2.45, 2.75) is 25.8 Å². The molecule has 0 N–H and O–H groups in total. The standard InChI is InChI=1S/C19H25NO2/c1-21-18-9-15-5-6-20(12-17(15)10-19(18)22-2)11-16-8-13-3-4-14(16)7-13/h3-4,9-10,13-14,16H,5-8,11-12H2,1-2H3. The van der Waals surface area contributed by atoms with Crippen LogP contribution in [0.25, 0.3) is 0 Å². The maximum atomic E-state index is 5.46. The monoisotopic (exact) mass is 299 g/mol. The van der Waals surface area contributed by atoms with Gasteiger partial charge in [-0.25, -0.2) is 0 Å². The molecular formula is C19H25NO2. The highest BCUT2D eigenvalue weighted by atomic mass is 16.5. The van der Waals surface area contributed by atoms with Crippen LogP contribution in [0.2, 0.25) is 0 Å². The second-order valence-corrected chi connectivity index (χ2v) is 7.00. The summed E-state index contributed by atoms with van der Waals surface area (Å²) in [5.41, 5.74) is 2.82. The number of rotatable bonds is 4. The Morgan fingerprint density at radius 3 is 2.45 bits per heavy atom. The van der Waals surface area contributed by atoms with Crippen molar-refractivity contribution >= 4 is 0 Å². The molecule has 1 heterocycles. The molecule has 0 saturated heterocycles. The predicted octanol–water partition coefficient (Wildman–Crippen LogP) is 3.27. The van der Waals surface area contributed by atoms with E-state index in [0.29, 0.717) is 0 Å². The third-order valence-corrected chi connectivity index (χ3v) is 5.71. The van der Waals surface area contributed by atoms with E-state index in [2.05, 4.69) is 29.2 Å². The quantitative estimate of drug-likeness (QED) is 0.797. The number of hydrogen-bond donors (Lipinski definition) is 0. The summed E-state index contributed by atoms with van der Waals surface area (Å²) in [6.07, 6.45) is 8.82. The van der Waals surface area contributed by atoms with Crippen molar-refractivity contribution in [3.8, 4) is 11.5 Å². The molecule has 1 saturated carbocycles. The molecule has 2 aliphatic carbocycles. The molecule has 0 aromatic heterocycles. The lowest BCUT2D eigenvalue weighted by molar-refractivity contribution is 0.198. The zero-order valence-electron chi connectivity index (χ0n) is 13.5. The smallest absolute Gasteiger partial charge is 0.161 e. The number of fused-ring (bicyclic) bond motifs is 3. The average Bonchev–Trinajstić information content (AvgIpc) is 3.16. The highest BCUT2D eigenvalue weighted by molar-refractivity contribution is 5.48. The minimum atomic E-state index is 0.844. The maximum absolute atomic E-state index is 5.46. The number of methoxy groups -OCH3 is 2. The summed E-state index contributed by atoms with van der Waals surface area (Å²) >= 11 is 0. The zero-order chi connectivity index (χ0) is 15.1. The Hall–Kier alpha value is -1.48. The maximum Gasteiger partial charge on any atom is 0.161 e. The molecule has 22 heavy (non-hydrogen) atoms. The van der Waals surface area contributed by atoms with Crippen LogP contribution in [0.4, 0.5) is 0 Å². The van der Waals surface area contributed by atoms with Crippen LogP contribution in [-0.2, 0) is 13.0 Å². The van der Waals surface area contributed by atoms with E-state index in [9.17, 15) is 0 Å². The number of benzene rings is 1. The summed E-state index contributed by atoms with van der Waals surface area (Å²) < 4.78 is 10.9. The second-order valence-electron chi connectivity index (χ2n) is 7.00. The first-order chi connectivity index (χ1) is 10.8. The number of ether oxygens (including phenoxy) is 2. The first-order valence-electron chi connectivity index (χ1n) is 8.41. The van der Waals surface area contributed by atoms with Crippen molar-refractivity contribution in [3.05, 3.63) is 35.4 Å². The fraction of sp³-hybridized carbons (Fsp3) is 0.579. The summed E-state index contributed by atoms with van der Waals surface area (Å²) in [5.74, 6) is 4.30. The van der Waals surface area contributed by atoms with Gasteiger partial charge in [-0.15, -0.1) is 0 Å². The van der Waals surface area contributed by atoms with E-state index in [1.54, 1.807) is 14.2 Å². The van der Waals surface area contributed by atoms with Crippen LogP contribution in [0.5, 0.6) is 11.5 Å². The van der Waals surface area contributed by atoms with Crippen LogP contribution in [-0.4, -0.2) is 32.2 Å². The molecule has 0 spiro atoms. The molecule has 3 heteroatoms. The number of allylic oxidation sites excluding steroid dienone is 2. The van der Waals surface area contributed by atoms with Gasteiger partial charge in [-0.1, -0.05) is 12.2 Å². The van der Waals surface area contributed by atoms with Crippen molar-refractivity contribution < 1.29 is 9.47 Å². The van der Waals surface area contributed by atoms with Gasteiger partial charge in [0, 0.05) is 19.6 Å². The van der Waals surface area contributed by atoms with Gasteiger partial charge in [0.15, 0.2) is 11.5 Å². The summed E-state index contributed by atoms with van der Waals surface area (Å²) in [5, 5.41) is 0. The van der Waals surface area contributed by atoms with Crippen LogP contribution in [0.1, 0.15) is 24.0 Å². The molecule has 3 nitrogen and oxygen atoms in total. The van der Waals surface area contributed by atoms with Crippen molar-refractivity contribution in [2.24, 2.45) is 17.8 Å². The molecule has 1 aromatic rings. The minimum Gasteiger partial charge on any atom is -0.493 e. The number of nitrogens with zero attached hydrogens (tertiary/aromatic N) is 1. The zero-order valence-corrected chi connectivity index (χ0v) is 13.5. The second kappa shape index (κ2) is 5.62. The topological polar surface area (TPSA) is 21.7 Å². The van der Waals surface area contributed by atoms with Crippen molar-refractivity contribution in [3.63, 3.8) is 0 Å². The Morgan fingerprint density at radius 1 is 1.05 bits per heavy atom. The molecule has 118 valence electrons. The van der Waals surface area contributed by atoms with Gasteiger partial charge in [-0.05, 0) is 60.3 Å². The van der Waals surface area contributed by atoms with E-state index in [-0.39, 0.29) is 0 Å². The lowest BCUT2D eigenvalue weighted by Gasteiger charge is -2.33. The fourth-order valence-corrected chi connectivity index (χ4v) is 4.53. The Labute approximate surface area is 132 Å². The highest BCUT2D eigenvalue weighted by Gasteiger charge is 2.36. The van der Waals surface area contributed by atoms with Crippen LogP contribution in [0, 0.1) is 17.8 Å². The molecule has 3 aliphatic rings. The lowest BCUT2D eigenvalue weighted by atomic mass is 9.91. The normalized spacial score (nSPS) is 29.6. The van der Waals surface area contributed by atoms with E-state index in [1.807, 2.05) is 0 Å². The lowest BCUT2D eigenvalue weighted by Crippen LogP contribution is -2.35. The molecule has 0 radical (unpaired) electrons.